The molecule has 0 aliphatic heterocycles. The second-order valence-corrected chi connectivity index (χ2v) is 7.00. The number of hydrogen-bond donors (Lipinski definition) is 2. The Balaban J connectivity index is 1.35. The molecule has 3 heterocycles. The molecule has 4 aromatic rings. The molecule has 0 saturated carbocycles. The van der Waals surface area contributed by atoms with E-state index < -0.39 is 0 Å². The molecule has 3 aromatic heterocycles. The van der Waals surface area contributed by atoms with Gasteiger partial charge >= 0.3 is 0 Å². The standard InChI is InChI=1S/C15H13N5OS2/c1-2-6-12-11(5-1)17-13(18-12)9-22-15-20-19-14(23-15)16-8-10-4-3-7-21-10/h1-7H,8-9H2,(H,16,19)(H,17,18). The molecule has 6 nitrogen and oxygen atoms in total. The number of thioether (sulfide) groups is 1. The number of benzene rings is 1. The molecule has 0 radical (unpaired) electrons. The molecule has 1 aromatic carbocycles. The Morgan fingerprint density at radius 1 is 1.17 bits per heavy atom. The van der Waals surface area contributed by atoms with E-state index in [0.29, 0.717) is 6.54 Å². The van der Waals surface area contributed by atoms with Gasteiger partial charge in [0.1, 0.15) is 11.6 Å². The number of aromatic amines is 1. The maximum atomic E-state index is 5.27. The number of anilines is 1. The van der Waals surface area contributed by atoms with Gasteiger partial charge in [-0.2, -0.15) is 0 Å². The number of H-pyrrole nitrogens is 1. The van der Waals surface area contributed by atoms with Crippen molar-refractivity contribution in [3.63, 3.8) is 0 Å². The number of imidazole rings is 1. The first kappa shape index (κ1) is 14.3. The summed E-state index contributed by atoms with van der Waals surface area (Å²) in [6.07, 6.45) is 1.66. The minimum Gasteiger partial charge on any atom is -0.467 e. The highest BCUT2D eigenvalue weighted by Crippen LogP contribution is 2.28. The van der Waals surface area contributed by atoms with E-state index in [-0.39, 0.29) is 0 Å². The normalized spacial score (nSPS) is 11.1. The van der Waals surface area contributed by atoms with Crippen LogP contribution in [0.4, 0.5) is 5.13 Å². The number of fused-ring (bicyclic) bond motifs is 1. The third-order valence-corrected chi connectivity index (χ3v) is 5.20. The van der Waals surface area contributed by atoms with Crippen LogP contribution in [0.25, 0.3) is 11.0 Å². The van der Waals surface area contributed by atoms with Crippen LogP contribution in [0, 0.1) is 0 Å². The van der Waals surface area contributed by atoms with Gasteiger partial charge in [0.25, 0.3) is 0 Å². The number of nitrogens with one attached hydrogen (secondary N) is 2. The Morgan fingerprint density at radius 2 is 2.13 bits per heavy atom. The van der Waals surface area contributed by atoms with E-state index in [1.54, 1.807) is 18.0 Å². The number of rotatable bonds is 6. The van der Waals surface area contributed by atoms with Crippen LogP contribution in [-0.4, -0.2) is 20.2 Å². The average Bonchev–Trinajstić information content (AvgIpc) is 3.30. The van der Waals surface area contributed by atoms with Crippen LogP contribution in [0.2, 0.25) is 0 Å². The lowest BCUT2D eigenvalue weighted by molar-refractivity contribution is 0.518. The van der Waals surface area contributed by atoms with E-state index in [4.69, 9.17) is 4.42 Å². The second-order valence-electron chi connectivity index (χ2n) is 4.80. The highest BCUT2D eigenvalue weighted by molar-refractivity contribution is 8.00. The third-order valence-electron chi connectivity index (χ3n) is 3.17. The summed E-state index contributed by atoms with van der Waals surface area (Å²) in [4.78, 5) is 7.87. The Morgan fingerprint density at radius 3 is 3.00 bits per heavy atom. The molecule has 0 amide bonds. The van der Waals surface area contributed by atoms with Gasteiger partial charge in [-0.05, 0) is 24.3 Å². The number of nitrogens with zero attached hydrogens (tertiary/aromatic N) is 3. The van der Waals surface area contributed by atoms with Crippen molar-refractivity contribution in [2.45, 2.75) is 16.6 Å². The Bertz CT molecular complexity index is 867. The summed E-state index contributed by atoms with van der Waals surface area (Å²) in [5.41, 5.74) is 2.04. The molecule has 0 saturated heterocycles. The van der Waals surface area contributed by atoms with E-state index in [9.17, 15) is 0 Å². The molecule has 0 aliphatic carbocycles. The molecule has 0 aliphatic rings. The summed E-state index contributed by atoms with van der Waals surface area (Å²) >= 11 is 3.15. The molecule has 116 valence electrons. The Hall–Kier alpha value is -2.32. The molecule has 8 heteroatoms. The minimum atomic E-state index is 0.607. The largest absolute Gasteiger partial charge is 0.467 e. The zero-order chi connectivity index (χ0) is 15.5. The molecule has 23 heavy (non-hydrogen) atoms. The molecular weight excluding hydrogens is 330 g/mol. The van der Waals surface area contributed by atoms with Crippen LogP contribution in [-0.2, 0) is 12.3 Å². The van der Waals surface area contributed by atoms with Crippen molar-refractivity contribution in [3.8, 4) is 0 Å². The highest BCUT2D eigenvalue weighted by Gasteiger charge is 2.08. The average molecular weight is 343 g/mol. The van der Waals surface area contributed by atoms with Crippen LogP contribution in [0.5, 0.6) is 0 Å². The Labute approximate surface area is 140 Å². The van der Waals surface area contributed by atoms with Crippen LogP contribution in [0.1, 0.15) is 11.6 Å². The second kappa shape index (κ2) is 6.43. The number of hydrogen-bond acceptors (Lipinski definition) is 7. The van der Waals surface area contributed by atoms with Crippen molar-refractivity contribution in [1.82, 2.24) is 20.2 Å². The molecule has 4 rings (SSSR count). The maximum absolute atomic E-state index is 5.27. The SMILES string of the molecule is c1coc(CNc2nnc(SCc3nc4ccccc4[nH]3)s2)c1. The van der Waals surface area contributed by atoms with Crippen molar-refractivity contribution in [3.05, 3.63) is 54.2 Å². The molecule has 0 unspecified atom stereocenters. The van der Waals surface area contributed by atoms with E-state index in [2.05, 4.69) is 25.5 Å². The van der Waals surface area contributed by atoms with Gasteiger partial charge < -0.3 is 14.7 Å². The zero-order valence-corrected chi connectivity index (χ0v) is 13.7. The minimum absolute atomic E-state index is 0.607. The van der Waals surface area contributed by atoms with E-state index in [1.165, 1.54) is 11.3 Å². The summed E-state index contributed by atoms with van der Waals surface area (Å²) in [7, 11) is 0. The summed E-state index contributed by atoms with van der Waals surface area (Å²) < 4.78 is 6.18. The van der Waals surface area contributed by atoms with Crippen LogP contribution < -0.4 is 5.32 Å². The van der Waals surface area contributed by atoms with E-state index >= 15 is 0 Å². The van der Waals surface area contributed by atoms with Gasteiger partial charge in [0.05, 0.1) is 29.6 Å². The van der Waals surface area contributed by atoms with Crippen LogP contribution >= 0.6 is 23.1 Å². The first-order valence-corrected chi connectivity index (χ1v) is 8.83. The zero-order valence-electron chi connectivity index (χ0n) is 12.0. The summed E-state index contributed by atoms with van der Waals surface area (Å²) in [5, 5.41) is 12.3. The van der Waals surface area contributed by atoms with Crippen molar-refractivity contribution >= 4 is 39.3 Å². The van der Waals surface area contributed by atoms with E-state index in [0.717, 1.165) is 37.8 Å². The predicted molar refractivity (Wildman–Crippen MR) is 91.6 cm³/mol. The first-order valence-electron chi connectivity index (χ1n) is 7.03. The molecular formula is C15H13N5OS2. The molecule has 0 spiro atoms. The fourth-order valence-corrected chi connectivity index (χ4v) is 3.74. The lowest BCUT2D eigenvalue weighted by atomic mass is 10.3. The van der Waals surface area contributed by atoms with E-state index in [1.807, 2.05) is 36.4 Å². The van der Waals surface area contributed by atoms with Gasteiger partial charge in [-0.15, -0.1) is 10.2 Å². The number of aromatic nitrogens is 4. The van der Waals surface area contributed by atoms with Gasteiger partial charge in [0, 0.05) is 0 Å². The fourth-order valence-electron chi connectivity index (χ4n) is 2.12. The van der Waals surface area contributed by atoms with Gasteiger partial charge in [-0.1, -0.05) is 35.2 Å². The smallest absolute Gasteiger partial charge is 0.206 e. The van der Waals surface area contributed by atoms with Crippen molar-refractivity contribution in [2.24, 2.45) is 0 Å². The van der Waals surface area contributed by atoms with Crippen molar-refractivity contribution in [2.75, 3.05) is 5.32 Å². The summed E-state index contributed by atoms with van der Waals surface area (Å²) in [6.45, 7) is 0.607. The monoisotopic (exact) mass is 343 g/mol. The van der Waals surface area contributed by atoms with Crippen molar-refractivity contribution < 1.29 is 4.42 Å². The highest BCUT2D eigenvalue weighted by atomic mass is 32.2. The quantitative estimate of drug-likeness (QED) is 0.517. The number of furan rings is 1. The summed E-state index contributed by atoms with van der Waals surface area (Å²) in [6, 6.07) is 11.8. The lowest BCUT2D eigenvalue weighted by Gasteiger charge is -1.96. The predicted octanol–water partition coefficient (Wildman–Crippen LogP) is 3.91. The van der Waals surface area contributed by atoms with Gasteiger partial charge in [-0.3, -0.25) is 0 Å². The van der Waals surface area contributed by atoms with Gasteiger partial charge in [-0.25, -0.2) is 4.98 Å². The van der Waals surface area contributed by atoms with Gasteiger partial charge in [0.2, 0.25) is 5.13 Å². The Kier molecular flexibility index (Phi) is 3.99. The lowest BCUT2D eigenvalue weighted by Crippen LogP contribution is -1.96. The molecule has 0 bridgehead atoms. The third kappa shape index (κ3) is 3.38. The maximum Gasteiger partial charge on any atom is 0.206 e. The molecule has 2 N–H and O–H groups in total. The molecule has 0 fully saturated rings. The number of para-hydroxylation sites is 2. The fraction of sp³-hybridized carbons (Fsp3) is 0.133. The summed E-state index contributed by atoms with van der Waals surface area (Å²) in [5.74, 6) is 2.55. The van der Waals surface area contributed by atoms with Crippen molar-refractivity contribution in [1.29, 1.82) is 0 Å². The topological polar surface area (TPSA) is 79.6 Å². The molecule has 0 atom stereocenters. The first-order chi connectivity index (χ1) is 11.4. The van der Waals surface area contributed by atoms with Gasteiger partial charge in [0.15, 0.2) is 4.34 Å². The van der Waals surface area contributed by atoms with Crippen LogP contribution in [0.3, 0.4) is 0 Å². The van der Waals surface area contributed by atoms with Crippen LogP contribution in [0.15, 0.2) is 51.4 Å².